The second-order valence-electron chi connectivity index (χ2n) is 13.5. The van der Waals surface area contributed by atoms with E-state index in [9.17, 15) is 20.1 Å². The highest BCUT2D eigenvalue weighted by Gasteiger charge is 2.26. The molecule has 1 amide bonds. The summed E-state index contributed by atoms with van der Waals surface area (Å²) in [4.78, 5) is 12.4. The molecule has 0 aliphatic heterocycles. The predicted octanol–water partition coefficient (Wildman–Crippen LogP) is 10.8. The molecule has 0 spiro atoms. The van der Waals surface area contributed by atoms with Crippen molar-refractivity contribution in [2.45, 2.75) is 212 Å². The lowest BCUT2D eigenvalue weighted by molar-refractivity contribution is -0.124. The summed E-state index contributed by atoms with van der Waals surface area (Å²) in [5.74, 6) is -0.165. The molecule has 270 valence electrons. The monoisotopic (exact) mass is 648 g/mol. The molecular formula is C41H77NO4. The van der Waals surface area contributed by atoms with Gasteiger partial charge in [0.1, 0.15) is 6.10 Å². The number of allylic oxidation sites excluding steroid dienone is 6. The number of aliphatic hydroxyl groups is 3. The zero-order chi connectivity index (χ0) is 33.8. The summed E-state index contributed by atoms with van der Waals surface area (Å²) in [5, 5.41) is 33.4. The Kier molecular flexibility index (Phi) is 35.3. The second-order valence-corrected chi connectivity index (χ2v) is 13.5. The van der Waals surface area contributed by atoms with Crippen molar-refractivity contribution in [1.82, 2.24) is 5.32 Å². The highest BCUT2D eigenvalue weighted by molar-refractivity contribution is 5.76. The lowest BCUT2D eigenvalue weighted by Crippen LogP contribution is -2.50. The van der Waals surface area contributed by atoms with Gasteiger partial charge >= 0.3 is 0 Å². The van der Waals surface area contributed by atoms with Gasteiger partial charge in [0.05, 0.1) is 18.8 Å². The van der Waals surface area contributed by atoms with Crippen LogP contribution in [0, 0.1) is 0 Å². The van der Waals surface area contributed by atoms with Crippen molar-refractivity contribution in [2.75, 3.05) is 6.61 Å². The maximum absolute atomic E-state index is 12.4. The van der Waals surface area contributed by atoms with Crippen molar-refractivity contribution in [3.63, 3.8) is 0 Å². The second kappa shape index (κ2) is 36.4. The van der Waals surface area contributed by atoms with Gasteiger partial charge in [-0.25, -0.2) is 0 Å². The van der Waals surface area contributed by atoms with Crippen LogP contribution in [0.1, 0.15) is 194 Å². The van der Waals surface area contributed by atoms with Crippen LogP contribution in [-0.4, -0.2) is 46.1 Å². The topological polar surface area (TPSA) is 89.8 Å². The predicted molar refractivity (Wildman–Crippen MR) is 199 cm³/mol. The van der Waals surface area contributed by atoms with E-state index in [-0.39, 0.29) is 12.5 Å². The molecule has 0 heterocycles. The molecule has 3 unspecified atom stereocenters. The van der Waals surface area contributed by atoms with Crippen molar-refractivity contribution in [2.24, 2.45) is 0 Å². The number of unbranched alkanes of at least 4 members (excludes halogenated alkanes) is 21. The highest BCUT2D eigenvalue weighted by Crippen LogP contribution is 2.13. The molecule has 0 fully saturated rings. The van der Waals surface area contributed by atoms with E-state index in [1.807, 2.05) is 0 Å². The van der Waals surface area contributed by atoms with E-state index < -0.39 is 18.2 Å². The lowest BCUT2D eigenvalue weighted by atomic mass is 10.0. The van der Waals surface area contributed by atoms with E-state index in [4.69, 9.17) is 0 Å². The van der Waals surface area contributed by atoms with E-state index in [1.165, 1.54) is 122 Å². The summed E-state index contributed by atoms with van der Waals surface area (Å²) in [7, 11) is 0. The van der Waals surface area contributed by atoms with Crippen LogP contribution in [0.3, 0.4) is 0 Å². The highest BCUT2D eigenvalue weighted by atomic mass is 16.3. The quantitative estimate of drug-likeness (QED) is 0.0407. The number of hydrogen-bond donors (Lipinski definition) is 4. The van der Waals surface area contributed by atoms with E-state index in [2.05, 4.69) is 55.6 Å². The Labute approximate surface area is 285 Å². The van der Waals surface area contributed by atoms with E-state index >= 15 is 0 Å². The normalized spacial score (nSPS) is 14.1. The maximum atomic E-state index is 12.4. The van der Waals surface area contributed by atoms with Crippen molar-refractivity contribution < 1.29 is 20.1 Å². The van der Waals surface area contributed by atoms with Gasteiger partial charge in [0.25, 0.3) is 0 Å². The fraction of sp³-hybridized carbons (Fsp3) is 0.829. The van der Waals surface area contributed by atoms with Crippen LogP contribution in [-0.2, 0) is 4.79 Å². The average Bonchev–Trinajstić information content (AvgIpc) is 3.06. The van der Waals surface area contributed by atoms with E-state index in [0.717, 1.165) is 44.9 Å². The maximum Gasteiger partial charge on any atom is 0.220 e. The first kappa shape index (κ1) is 44.6. The van der Waals surface area contributed by atoms with Crippen LogP contribution in [0.2, 0.25) is 0 Å². The van der Waals surface area contributed by atoms with Crippen LogP contribution in [0.15, 0.2) is 36.5 Å². The molecule has 5 nitrogen and oxygen atoms in total. The zero-order valence-corrected chi connectivity index (χ0v) is 30.5. The number of rotatable bonds is 35. The molecule has 46 heavy (non-hydrogen) atoms. The number of carbonyl (C=O) groups is 1. The van der Waals surface area contributed by atoms with Crippen molar-refractivity contribution in [3.05, 3.63) is 36.5 Å². The Morgan fingerprint density at radius 2 is 0.891 bits per heavy atom. The Balaban J connectivity index is 3.75. The molecule has 5 heteroatoms. The largest absolute Gasteiger partial charge is 0.394 e. The third kappa shape index (κ3) is 31.2. The van der Waals surface area contributed by atoms with Gasteiger partial charge in [-0.1, -0.05) is 147 Å². The van der Waals surface area contributed by atoms with E-state index in [0.29, 0.717) is 12.8 Å². The summed E-state index contributed by atoms with van der Waals surface area (Å²) >= 11 is 0. The molecule has 0 aliphatic rings. The van der Waals surface area contributed by atoms with Gasteiger partial charge < -0.3 is 20.6 Å². The third-order valence-electron chi connectivity index (χ3n) is 8.94. The molecule has 0 radical (unpaired) electrons. The number of nitrogens with one attached hydrogen (secondary N) is 1. The van der Waals surface area contributed by atoms with Crippen molar-refractivity contribution in [1.29, 1.82) is 0 Å². The molecular weight excluding hydrogens is 570 g/mol. The fourth-order valence-electron chi connectivity index (χ4n) is 5.82. The fourth-order valence-corrected chi connectivity index (χ4v) is 5.82. The molecule has 0 aromatic rings. The Hall–Kier alpha value is -1.43. The van der Waals surface area contributed by atoms with Gasteiger partial charge in [-0.3, -0.25) is 4.79 Å². The summed E-state index contributed by atoms with van der Waals surface area (Å²) in [5.41, 5.74) is 0. The molecule has 3 atom stereocenters. The molecule has 0 saturated carbocycles. The number of amides is 1. The van der Waals surface area contributed by atoms with Crippen LogP contribution >= 0.6 is 0 Å². The average molecular weight is 648 g/mol. The smallest absolute Gasteiger partial charge is 0.220 e. The summed E-state index contributed by atoms with van der Waals surface area (Å²) < 4.78 is 0. The minimum Gasteiger partial charge on any atom is -0.394 e. The molecule has 0 aliphatic carbocycles. The van der Waals surface area contributed by atoms with Gasteiger partial charge in [-0.15, -0.1) is 0 Å². The number of aliphatic hydroxyl groups excluding tert-OH is 3. The first-order valence-electron chi connectivity index (χ1n) is 19.8. The minimum atomic E-state index is -1.17. The van der Waals surface area contributed by atoms with Crippen LogP contribution in [0.5, 0.6) is 0 Å². The Bertz CT molecular complexity index is 719. The molecule has 0 aromatic carbocycles. The summed E-state index contributed by atoms with van der Waals surface area (Å²) in [6.45, 7) is 4.13. The zero-order valence-electron chi connectivity index (χ0n) is 30.5. The van der Waals surface area contributed by atoms with Gasteiger partial charge in [0.2, 0.25) is 5.91 Å². The third-order valence-corrected chi connectivity index (χ3v) is 8.94. The molecule has 0 saturated heterocycles. The standard InChI is InChI=1S/C41H77NO4/c1-3-5-7-9-11-13-15-17-19-20-22-24-26-28-30-32-34-36-40(45)42-38(37-43)41(46)39(44)35-33-31-29-27-25-23-21-18-16-14-12-10-8-6-4-2/h17-19,21,27,29,38-39,41,43-44,46H,3-16,20,22-26,28,30-37H2,1-2H3,(H,42,45)/b19-17-,21-18+,29-27+. The van der Waals surface area contributed by atoms with Crippen LogP contribution in [0.25, 0.3) is 0 Å². The first-order valence-corrected chi connectivity index (χ1v) is 19.8. The van der Waals surface area contributed by atoms with Gasteiger partial charge in [-0.2, -0.15) is 0 Å². The lowest BCUT2D eigenvalue weighted by Gasteiger charge is -2.26. The van der Waals surface area contributed by atoms with Gasteiger partial charge in [0, 0.05) is 6.42 Å². The van der Waals surface area contributed by atoms with Crippen LogP contribution < -0.4 is 5.32 Å². The van der Waals surface area contributed by atoms with Crippen molar-refractivity contribution in [3.8, 4) is 0 Å². The Morgan fingerprint density at radius 3 is 1.33 bits per heavy atom. The SMILES string of the molecule is CCCCCCCC/C=C\CCCCCCCCCC(=O)NC(CO)C(O)C(O)CCC/C=C/CC/C=C/CCCCCCCC. The summed E-state index contributed by atoms with van der Waals surface area (Å²) in [6, 6.07) is -0.832. The van der Waals surface area contributed by atoms with Crippen molar-refractivity contribution >= 4 is 5.91 Å². The van der Waals surface area contributed by atoms with Gasteiger partial charge in [0.15, 0.2) is 0 Å². The number of hydrogen-bond acceptors (Lipinski definition) is 4. The first-order chi connectivity index (χ1) is 22.6. The number of carbonyl (C=O) groups excluding carboxylic acids is 1. The summed E-state index contributed by atoms with van der Waals surface area (Å²) in [6.07, 6.45) is 43.8. The molecule has 0 bridgehead atoms. The molecule has 0 rings (SSSR count). The minimum absolute atomic E-state index is 0.165. The van der Waals surface area contributed by atoms with E-state index in [1.54, 1.807) is 0 Å². The van der Waals surface area contributed by atoms with Crippen LogP contribution in [0.4, 0.5) is 0 Å². The van der Waals surface area contributed by atoms with Gasteiger partial charge in [-0.05, 0) is 77.0 Å². The molecule has 0 aromatic heterocycles. The Morgan fingerprint density at radius 1 is 0.522 bits per heavy atom. The molecule has 4 N–H and O–H groups in total.